The fourth-order valence-electron chi connectivity index (χ4n) is 4.80. The average molecular weight is 497 g/mol. The Labute approximate surface area is 217 Å². The van der Waals surface area contributed by atoms with Crippen molar-refractivity contribution in [3.05, 3.63) is 48.5 Å². The molecule has 0 aromatic heterocycles. The molecule has 0 amide bonds. The number of benzene rings is 2. The number of nitrogens with one attached hydrogen (secondary N) is 2. The third-order valence-electron chi connectivity index (χ3n) is 7.21. The fourth-order valence-corrected chi connectivity index (χ4v) is 4.80. The Balaban J connectivity index is 0.942. The Morgan fingerprint density at radius 2 is 0.944 bits per heavy atom. The summed E-state index contributed by atoms with van der Waals surface area (Å²) < 4.78 is 23.9. The monoisotopic (exact) mass is 496 g/mol. The quantitative estimate of drug-likeness (QED) is 0.307. The van der Waals surface area contributed by atoms with E-state index < -0.39 is 0 Å². The summed E-state index contributed by atoms with van der Waals surface area (Å²) in [5, 5.41) is 7.23. The Kier molecular flexibility index (Phi) is 10.6. The minimum atomic E-state index is 0.0672. The van der Waals surface area contributed by atoms with Gasteiger partial charge in [0.2, 0.25) is 0 Å². The molecule has 0 fully saturated rings. The zero-order chi connectivity index (χ0) is 25.0. The lowest BCUT2D eigenvalue weighted by Crippen LogP contribution is -2.46. The van der Waals surface area contributed by atoms with Crippen LogP contribution in [-0.4, -0.2) is 50.6 Å². The molecule has 198 valence electrons. The van der Waals surface area contributed by atoms with Gasteiger partial charge in [-0.3, -0.25) is 0 Å². The van der Waals surface area contributed by atoms with Crippen molar-refractivity contribution in [2.45, 2.75) is 89.5 Å². The Morgan fingerprint density at radius 3 is 1.36 bits per heavy atom. The van der Waals surface area contributed by atoms with E-state index in [0.29, 0.717) is 13.2 Å². The highest BCUT2D eigenvalue weighted by atomic mass is 16.6. The van der Waals surface area contributed by atoms with Gasteiger partial charge < -0.3 is 29.6 Å². The topological polar surface area (TPSA) is 61.0 Å². The van der Waals surface area contributed by atoms with Crippen molar-refractivity contribution < 1.29 is 18.9 Å². The first-order valence-corrected chi connectivity index (χ1v) is 13.9. The molecule has 6 heteroatoms. The largest absolute Gasteiger partial charge is 0.486 e. The Bertz CT molecular complexity index is 835. The molecule has 2 aliphatic rings. The lowest BCUT2D eigenvalue weighted by atomic mass is 10.1. The molecule has 2 heterocycles. The van der Waals surface area contributed by atoms with Crippen molar-refractivity contribution in [3.63, 3.8) is 0 Å². The maximum Gasteiger partial charge on any atom is 0.161 e. The third-order valence-corrected chi connectivity index (χ3v) is 7.21. The zero-order valence-electron chi connectivity index (χ0n) is 22.0. The predicted octanol–water partition coefficient (Wildman–Crippen LogP) is 5.74. The van der Waals surface area contributed by atoms with E-state index >= 15 is 0 Å². The molecule has 6 nitrogen and oxygen atoms in total. The van der Waals surface area contributed by atoms with Crippen LogP contribution < -0.4 is 29.6 Å². The second kappa shape index (κ2) is 14.3. The normalized spacial score (nSPS) is 20.1. The maximum atomic E-state index is 6.10. The van der Waals surface area contributed by atoms with Gasteiger partial charge in [-0.1, -0.05) is 62.8 Å². The van der Waals surface area contributed by atoms with Gasteiger partial charge in [0.1, 0.15) is 25.4 Å². The van der Waals surface area contributed by atoms with Crippen molar-refractivity contribution in [3.8, 4) is 23.0 Å². The first-order valence-electron chi connectivity index (χ1n) is 13.9. The summed E-state index contributed by atoms with van der Waals surface area (Å²) in [5.41, 5.74) is 0. The molecular weight excluding hydrogens is 452 g/mol. The van der Waals surface area contributed by atoms with Crippen LogP contribution >= 0.6 is 0 Å². The highest BCUT2D eigenvalue weighted by molar-refractivity contribution is 5.41. The molecule has 0 bridgehead atoms. The molecule has 0 saturated carbocycles. The standard InChI is InChI=1S/C30H44N2O4/c1-23(29-21-33-25-15-9-11-17-27(25)35-29)31-19-13-7-5-3-4-6-8-14-20-32-24(2)30-22-34-26-16-10-12-18-28(26)36-30/h9-12,15-18,23-24,29-32H,3-8,13-14,19-22H2,1-2H3/t23-,24+,29-,30-/m0/s1. The molecule has 0 radical (unpaired) electrons. The number of ether oxygens (including phenoxy) is 4. The zero-order valence-corrected chi connectivity index (χ0v) is 22.0. The van der Waals surface area contributed by atoms with E-state index in [1.54, 1.807) is 0 Å². The van der Waals surface area contributed by atoms with Gasteiger partial charge in [-0.2, -0.15) is 0 Å². The van der Waals surface area contributed by atoms with Crippen LogP contribution in [0.1, 0.15) is 65.2 Å². The van der Waals surface area contributed by atoms with Crippen LogP contribution in [0.3, 0.4) is 0 Å². The van der Waals surface area contributed by atoms with Gasteiger partial charge in [-0.05, 0) is 64.0 Å². The van der Waals surface area contributed by atoms with E-state index in [1.807, 2.05) is 48.5 Å². The van der Waals surface area contributed by atoms with Crippen LogP contribution in [0.15, 0.2) is 48.5 Å². The van der Waals surface area contributed by atoms with Crippen LogP contribution in [-0.2, 0) is 0 Å². The molecule has 2 N–H and O–H groups in total. The van der Waals surface area contributed by atoms with Gasteiger partial charge in [-0.15, -0.1) is 0 Å². The highest BCUT2D eigenvalue weighted by Gasteiger charge is 2.26. The van der Waals surface area contributed by atoms with E-state index in [2.05, 4.69) is 24.5 Å². The molecule has 0 aliphatic carbocycles. The summed E-state index contributed by atoms with van der Waals surface area (Å²) in [6.07, 6.45) is 10.5. The molecule has 4 rings (SSSR count). The minimum absolute atomic E-state index is 0.0672. The van der Waals surface area contributed by atoms with E-state index in [1.165, 1.54) is 51.4 Å². The summed E-state index contributed by atoms with van der Waals surface area (Å²) in [4.78, 5) is 0. The molecule has 2 aromatic carbocycles. The molecule has 0 saturated heterocycles. The number of fused-ring (bicyclic) bond motifs is 2. The maximum absolute atomic E-state index is 6.10. The third kappa shape index (κ3) is 8.04. The van der Waals surface area contributed by atoms with Crippen molar-refractivity contribution in [2.75, 3.05) is 26.3 Å². The number of hydrogen-bond donors (Lipinski definition) is 2. The smallest absolute Gasteiger partial charge is 0.161 e. The number of rotatable bonds is 15. The second-order valence-corrected chi connectivity index (χ2v) is 10.1. The van der Waals surface area contributed by atoms with Crippen LogP contribution in [0, 0.1) is 0 Å². The van der Waals surface area contributed by atoms with Gasteiger partial charge in [0.15, 0.2) is 23.0 Å². The van der Waals surface area contributed by atoms with Crippen LogP contribution in [0.4, 0.5) is 0 Å². The van der Waals surface area contributed by atoms with Crippen molar-refractivity contribution in [1.29, 1.82) is 0 Å². The van der Waals surface area contributed by atoms with Crippen LogP contribution in [0.5, 0.6) is 23.0 Å². The van der Waals surface area contributed by atoms with Crippen molar-refractivity contribution in [1.82, 2.24) is 10.6 Å². The van der Waals surface area contributed by atoms with Gasteiger partial charge >= 0.3 is 0 Å². The lowest BCUT2D eigenvalue weighted by Gasteiger charge is -2.31. The van der Waals surface area contributed by atoms with Crippen LogP contribution in [0.25, 0.3) is 0 Å². The number of unbranched alkanes of at least 4 members (excludes halogenated alkanes) is 7. The van der Waals surface area contributed by atoms with E-state index in [0.717, 1.165) is 36.1 Å². The summed E-state index contributed by atoms with van der Waals surface area (Å²) in [7, 11) is 0. The molecule has 0 spiro atoms. The van der Waals surface area contributed by atoms with Crippen LogP contribution in [0.2, 0.25) is 0 Å². The van der Waals surface area contributed by atoms with Gasteiger partial charge in [0.05, 0.1) is 0 Å². The van der Waals surface area contributed by atoms with E-state index in [4.69, 9.17) is 18.9 Å². The summed E-state index contributed by atoms with van der Waals surface area (Å²) in [6.45, 7) is 7.66. The lowest BCUT2D eigenvalue weighted by molar-refractivity contribution is 0.0666. The molecule has 2 aliphatic heterocycles. The average Bonchev–Trinajstić information content (AvgIpc) is 2.92. The molecule has 0 unspecified atom stereocenters. The van der Waals surface area contributed by atoms with Gasteiger partial charge in [0.25, 0.3) is 0 Å². The minimum Gasteiger partial charge on any atom is -0.486 e. The predicted molar refractivity (Wildman–Crippen MR) is 145 cm³/mol. The SMILES string of the molecule is C[C@H](NCCCCCCCCCCN[C@H](C)[C@@H]1COc2ccccc2O1)[C@@H]1COc2ccccc2O1. The molecule has 36 heavy (non-hydrogen) atoms. The number of para-hydroxylation sites is 4. The second-order valence-electron chi connectivity index (χ2n) is 10.1. The van der Waals surface area contributed by atoms with E-state index in [9.17, 15) is 0 Å². The summed E-state index contributed by atoms with van der Waals surface area (Å²) in [6, 6.07) is 16.4. The van der Waals surface area contributed by atoms with Gasteiger partial charge in [0, 0.05) is 12.1 Å². The Morgan fingerprint density at radius 1 is 0.583 bits per heavy atom. The first-order chi connectivity index (χ1) is 17.7. The highest BCUT2D eigenvalue weighted by Crippen LogP contribution is 2.32. The van der Waals surface area contributed by atoms with Gasteiger partial charge in [-0.25, -0.2) is 0 Å². The fraction of sp³-hybridized carbons (Fsp3) is 0.600. The molecule has 4 atom stereocenters. The molecular formula is C30H44N2O4. The van der Waals surface area contributed by atoms with E-state index in [-0.39, 0.29) is 24.3 Å². The summed E-state index contributed by atoms with van der Waals surface area (Å²) in [5.74, 6) is 3.41. The molecule has 2 aromatic rings. The van der Waals surface area contributed by atoms with Crippen molar-refractivity contribution >= 4 is 0 Å². The Hall–Kier alpha value is -2.44. The summed E-state index contributed by atoms with van der Waals surface area (Å²) >= 11 is 0. The van der Waals surface area contributed by atoms with Crippen molar-refractivity contribution in [2.24, 2.45) is 0 Å². The first kappa shape index (κ1) is 26.6. The number of hydrogen-bond acceptors (Lipinski definition) is 6.